The van der Waals surface area contributed by atoms with Gasteiger partial charge in [-0.1, -0.05) is 84.9 Å². The Morgan fingerprint density at radius 3 is 1.73 bits per heavy atom. The van der Waals surface area contributed by atoms with Crippen LogP contribution in [0.4, 0.5) is 5.69 Å². The zero-order valence-electron chi connectivity index (χ0n) is 21.4. The van der Waals surface area contributed by atoms with E-state index >= 15 is 0 Å². The van der Waals surface area contributed by atoms with Crippen LogP contribution in [0.15, 0.2) is 115 Å². The standard InChI is InChI=1S/C35H23NO4/c37-33-31-29-25-12-3-4-13-26(25)30(28-15-6-5-14-27(28)29)32(31)34(38)36(33)23-11-7-10-22(18-23)35(39)40-24-17-16-20-8-1-2-9-21(20)19-24/h1-19,29-32H. The molecule has 1 aliphatic heterocycles. The fraction of sp³-hybridized carbons (Fsp3) is 0.114. The third kappa shape index (κ3) is 3.18. The van der Waals surface area contributed by atoms with Crippen LogP contribution in [-0.2, 0) is 9.59 Å². The topological polar surface area (TPSA) is 63.7 Å². The molecular formula is C35H23NO4. The van der Waals surface area contributed by atoms with Crippen molar-refractivity contribution in [2.45, 2.75) is 11.8 Å². The summed E-state index contributed by atoms with van der Waals surface area (Å²) in [5.74, 6) is -1.85. The molecule has 5 nitrogen and oxygen atoms in total. The van der Waals surface area contributed by atoms with Crippen LogP contribution in [0.2, 0.25) is 0 Å². The van der Waals surface area contributed by atoms with Crippen LogP contribution in [0.5, 0.6) is 5.75 Å². The number of carbonyl (C=O) groups excluding carboxylic acids is 3. The molecule has 1 saturated heterocycles. The van der Waals surface area contributed by atoms with Crippen LogP contribution in [0.3, 0.4) is 0 Å². The summed E-state index contributed by atoms with van der Waals surface area (Å²) in [4.78, 5) is 42.5. The summed E-state index contributed by atoms with van der Waals surface area (Å²) in [5, 5.41) is 2.02. The van der Waals surface area contributed by atoms with Gasteiger partial charge in [0.25, 0.3) is 0 Å². The lowest BCUT2D eigenvalue weighted by Crippen LogP contribution is -2.41. The van der Waals surface area contributed by atoms with Gasteiger partial charge in [-0.05, 0) is 63.4 Å². The highest BCUT2D eigenvalue weighted by Gasteiger charge is 2.61. The Morgan fingerprint density at radius 2 is 1.12 bits per heavy atom. The second-order valence-electron chi connectivity index (χ2n) is 10.7. The van der Waals surface area contributed by atoms with Crippen molar-refractivity contribution < 1.29 is 19.1 Å². The van der Waals surface area contributed by atoms with Gasteiger partial charge in [-0.25, -0.2) is 9.69 Å². The van der Waals surface area contributed by atoms with Crippen molar-refractivity contribution in [2.24, 2.45) is 11.8 Å². The van der Waals surface area contributed by atoms with Crippen molar-refractivity contribution in [3.8, 4) is 5.75 Å². The number of hydrogen-bond acceptors (Lipinski definition) is 4. The van der Waals surface area contributed by atoms with Gasteiger partial charge < -0.3 is 4.74 Å². The van der Waals surface area contributed by atoms with E-state index in [1.165, 1.54) is 4.90 Å². The molecule has 0 radical (unpaired) electrons. The van der Waals surface area contributed by atoms with Crippen molar-refractivity contribution in [3.63, 3.8) is 0 Å². The fourth-order valence-corrected chi connectivity index (χ4v) is 7.10. The van der Waals surface area contributed by atoms with E-state index < -0.39 is 17.8 Å². The fourth-order valence-electron chi connectivity index (χ4n) is 7.10. The number of fused-ring (bicyclic) bond motifs is 1. The van der Waals surface area contributed by atoms with E-state index in [1.807, 2.05) is 60.7 Å². The second kappa shape index (κ2) is 8.48. The van der Waals surface area contributed by atoms with E-state index in [9.17, 15) is 14.4 Å². The lowest BCUT2D eigenvalue weighted by Gasteiger charge is -2.45. The van der Waals surface area contributed by atoms with Gasteiger partial charge in [0.1, 0.15) is 5.75 Å². The number of ether oxygens (including phenoxy) is 1. The molecule has 5 aromatic rings. The molecule has 40 heavy (non-hydrogen) atoms. The van der Waals surface area contributed by atoms with Crippen molar-refractivity contribution in [2.75, 3.05) is 4.90 Å². The molecule has 2 amide bonds. The minimum Gasteiger partial charge on any atom is -0.423 e. The first-order chi connectivity index (χ1) is 19.6. The van der Waals surface area contributed by atoms with E-state index in [4.69, 9.17) is 4.74 Å². The Bertz CT molecular complexity index is 1780. The number of nitrogens with zero attached hydrogens (tertiary/aromatic N) is 1. The van der Waals surface area contributed by atoms with E-state index in [1.54, 1.807) is 30.3 Å². The third-order valence-electron chi connectivity index (χ3n) is 8.72. The highest BCUT2D eigenvalue weighted by atomic mass is 16.5. The summed E-state index contributed by atoms with van der Waals surface area (Å²) >= 11 is 0. The molecular weight excluding hydrogens is 498 g/mol. The van der Waals surface area contributed by atoms with Crippen LogP contribution in [-0.4, -0.2) is 17.8 Å². The Kier molecular flexibility index (Phi) is 4.86. The van der Waals surface area contributed by atoms with Gasteiger partial charge in [0.05, 0.1) is 23.1 Å². The molecule has 0 aromatic heterocycles. The van der Waals surface area contributed by atoms with Crippen LogP contribution in [0, 0.1) is 11.8 Å². The molecule has 5 heteroatoms. The van der Waals surface area contributed by atoms with Gasteiger partial charge >= 0.3 is 5.97 Å². The van der Waals surface area contributed by atoms with Gasteiger partial charge in [0, 0.05) is 11.8 Å². The largest absolute Gasteiger partial charge is 0.423 e. The molecule has 2 bridgehead atoms. The van der Waals surface area contributed by atoms with Crippen LogP contribution in [0.1, 0.15) is 44.4 Å². The molecule has 2 unspecified atom stereocenters. The van der Waals surface area contributed by atoms with Crippen molar-refractivity contribution in [1.29, 1.82) is 0 Å². The lowest BCUT2D eigenvalue weighted by atomic mass is 9.55. The van der Waals surface area contributed by atoms with E-state index in [-0.39, 0.29) is 29.2 Å². The molecule has 5 aromatic carbocycles. The monoisotopic (exact) mass is 521 g/mol. The SMILES string of the molecule is O=C(Oc1ccc2ccccc2c1)c1cccc(N2C(=O)C3C4c5ccccc5C(c5ccccc54)C3C2=O)c1. The molecule has 1 heterocycles. The summed E-state index contributed by atoms with van der Waals surface area (Å²) in [6.45, 7) is 0. The maximum absolute atomic E-state index is 14.0. The first-order valence-corrected chi connectivity index (χ1v) is 13.5. The first-order valence-electron chi connectivity index (χ1n) is 13.5. The Labute approximate surface area is 230 Å². The van der Waals surface area contributed by atoms with Crippen molar-refractivity contribution >= 4 is 34.2 Å². The summed E-state index contributed by atoms with van der Waals surface area (Å²) in [6, 6.07) is 36.3. The van der Waals surface area contributed by atoms with Gasteiger partial charge in [-0.15, -0.1) is 0 Å². The molecule has 1 fully saturated rings. The van der Waals surface area contributed by atoms with Crippen LogP contribution in [0.25, 0.3) is 10.8 Å². The van der Waals surface area contributed by atoms with Crippen molar-refractivity contribution in [3.05, 3.63) is 143 Å². The van der Waals surface area contributed by atoms with Crippen molar-refractivity contribution in [1.82, 2.24) is 0 Å². The van der Waals surface area contributed by atoms with Gasteiger partial charge in [-0.3, -0.25) is 9.59 Å². The third-order valence-corrected chi connectivity index (χ3v) is 8.72. The summed E-state index contributed by atoms with van der Waals surface area (Å²) < 4.78 is 5.68. The summed E-state index contributed by atoms with van der Waals surface area (Å²) in [6.07, 6.45) is 0. The predicted octanol–water partition coefficient (Wildman–Crippen LogP) is 6.46. The molecule has 4 aliphatic rings. The van der Waals surface area contributed by atoms with E-state index in [0.29, 0.717) is 11.4 Å². The normalized spacial score (nSPS) is 22.1. The minimum atomic E-state index is -0.548. The number of carbonyl (C=O) groups is 3. The summed E-state index contributed by atoms with van der Waals surface area (Å²) in [5.41, 5.74) is 5.18. The van der Waals surface area contributed by atoms with Crippen LogP contribution < -0.4 is 9.64 Å². The zero-order chi connectivity index (χ0) is 27.0. The average Bonchev–Trinajstić information content (AvgIpc) is 3.27. The van der Waals surface area contributed by atoms with Gasteiger partial charge in [-0.2, -0.15) is 0 Å². The Morgan fingerprint density at radius 1 is 0.575 bits per heavy atom. The lowest BCUT2D eigenvalue weighted by molar-refractivity contribution is -0.122. The highest BCUT2D eigenvalue weighted by Crippen LogP contribution is 2.61. The quantitative estimate of drug-likeness (QED) is 0.155. The molecule has 0 saturated carbocycles. The number of imide groups is 1. The average molecular weight is 522 g/mol. The van der Waals surface area contributed by atoms with Gasteiger partial charge in [0.15, 0.2) is 0 Å². The van der Waals surface area contributed by atoms with E-state index in [2.05, 4.69) is 24.3 Å². The second-order valence-corrected chi connectivity index (χ2v) is 10.7. The molecule has 0 spiro atoms. The molecule has 0 N–H and O–H groups in total. The Balaban J connectivity index is 1.14. The molecule has 3 aliphatic carbocycles. The smallest absolute Gasteiger partial charge is 0.343 e. The molecule has 9 rings (SSSR count). The first kappa shape index (κ1) is 22.9. The minimum absolute atomic E-state index is 0.176. The number of benzene rings is 5. The van der Waals surface area contributed by atoms with Gasteiger partial charge in [0.2, 0.25) is 11.8 Å². The van der Waals surface area contributed by atoms with Crippen LogP contribution >= 0.6 is 0 Å². The molecule has 2 atom stereocenters. The number of hydrogen-bond donors (Lipinski definition) is 0. The predicted molar refractivity (Wildman–Crippen MR) is 151 cm³/mol. The Hall–Kier alpha value is -5.03. The number of rotatable bonds is 3. The highest BCUT2D eigenvalue weighted by molar-refractivity contribution is 6.23. The maximum atomic E-state index is 14.0. The zero-order valence-corrected chi connectivity index (χ0v) is 21.4. The number of esters is 1. The summed E-state index contributed by atoms with van der Waals surface area (Å²) in [7, 11) is 0. The number of amides is 2. The maximum Gasteiger partial charge on any atom is 0.343 e. The molecule has 192 valence electrons. The number of anilines is 1. The van der Waals surface area contributed by atoms with E-state index in [0.717, 1.165) is 33.0 Å².